The number of hydrogen-bond acceptors (Lipinski definition) is 5. The van der Waals surface area contributed by atoms with Crippen molar-refractivity contribution in [3.8, 4) is 0 Å². The Morgan fingerprint density at radius 2 is 2.00 bits per heavy atom. The molecule has 0 unspecified atom stereocenters. The van der Waals surface area contributed by atoms with Crippen LogP contribution in [-0.2, 0) is 0 Å². The summed E-state index contributed by atoms with van der Waals surface area (Å²) in [4.78, 5) is 32.5. The van der Waals surface area contributed by atoms with Crippen LogP contribution < -0.4 is 5.56 Å². The zero-order valence-corrected chi connectivity index (χ0v) is 13.5. The fraction of sp³-hybridized carbons (Fsp3) is 0.625. The predicted octanol–water partition coefficient (Wildman–Crippen LogP) is -0.801. The van der Waals surface area contributed by atoms with Gasteiger partial charge in [-0.25, -0.2) is 0 Å². The minimum atomic E-state index is -0.860. The molecule has 2 aliphatic rings. The van der Waals surface area contributed by atoms with Crippen LogP contribution in [0.15, 0.2) is 23.0 Å². The molecule has 1 atom stereocenters. The highest BCUT2D eigenvalue weighted by Crippen LogP contribution is 2.24. The number of β-amino-alcohol motifs (C(OH)–C–C–N with tert-alkyl or cyclic N) is 1. The first-order valence-corrected chi connectivity index (χ1v) is 8.07. The third kappa shape index (κ3) is 3.80. The summed E-state index contributed by atoms with van der Waals surface area (Å²) in [5, 5.41) is 10.8. The maximum Gasteiger partial charge on any atom is 0.270 e. The van der Waals surface area contributed by atoms with Crippen molar-refractivity contribution in [2.45, 2.75) is 12.0 Å². The number of aromatic amines is 1. The van der Waals surface area contributed by atoms with Crippen LogP contribution in [0.1, 0.15) is 16.9 Å². The Morgan fingerprint density at radius 1 is 1.26 bits per heavy atom. The predicted molar refractivity (Wildman–Crippen MR) is 86.5 cm³/mol. The number of aromatic nitrogens is 1. The van der Waals surface area contributed by atoms with Crippen molar-refractivity contribution in [2.75, 3.05) is 52.9 Å². The first-order chi connectivity index (χ1) is 11.0. The molecule has 0 radical (unpaired) electrons. The molecule has 1 amide bonds. The van der Waals surface area contributed by atoms with Gasteiger partial charge < -0.3 is 19.9 Å². The summed E-state index contributed by atoms with van der Waals surface area (Å²) in [6.45, 7) is 5.32. The summed E-state index contributed by atoms with van der Waals surface area (Å²) in [6.07, 6.45) is 0.572. The normalized spacial score (nSPS) is 26.6. The molecule has 0 saturated carbocycles. The second-order valence-corrected chi connectivity index (χ2v) is 6.71. The zero-order valence-electron chi connectivity index (χ0n) is 13.5. The highest BCUT2D eigenvalue weighted by molar-refractivity contribution is 5.92. The number of H-pyrrole nitrogens is 1. The lowest BCUT2D eigenvalue weighted by molar-refractivity contribution is 0.000477. The molecule has 2 N–H and O–H groups in total. The number of pyridine rings is 1. The maximum atomic E-state index is 12.4. The Bertz CT molecular complexity index is 624. The van der Waals surface area contributed by atoms with E-state index in [1.165, 1.54) is 6.07 Å². The van der Waals surface area contributed by atoms with Gasteiger partial charge in [-0.1, -0.05) is 6.07 Å². The van der Waals surface area contributed by atoms with Crippen LogP contribution in [0.5, 0.6) is 0 Å². The number of likely N-dealkylation sites (tertiary alicyclic amines) is 1. The van der Waals surface area contributed by atoms with Crippen LogP contribution in [0.25, 0.3) is 0 Å². The molecule has 1 aromatic heterocycles. The van der Waals surface area contributed by atoms with Crippen molar-refractivity contribution in [3.63, 3.8) is 0 Å². The quantitative estimate of drug-likeness (QED) is 0.762. The highest BCUT2D eigenvalue weighted by Gasteiger charge is 2.40. The lowest BCUT2D eigenvalue weighted by atomic mass is 10.0. The molecule has 3 rings (SSSR count). The minimum Gasteiger partial charge on any atom is -0.387 e. The number of carbonyl (C=O) groups excluding carboxylic acids is 1. The van der Waals surface area contributed by atoms with E-state index in [4.69, 9.17) is 0 Å². The molecular formula is C16H24N4O3. The van der Waals surface area contributed by atoms with E-state index < -0.39 is 5.60 Å². The van der Waals surface area contributed by atoms with Gasteiger partial charge in [-0.15, -0.1) is 0 Å². The third-order valence-corrected chi connectivity index (χ3v) is 4.73. The molecule has 1 aromatic rings. The molecule has 0 aromatic carbocycles. The van der Waals surface area contributed by atoms with E-state index in [0.717, 1.165) is 26.2 Å². The highest BCUT2D eigenvalue weighted by atomic mass is 16.3. The van der Waals surface area contributed by atoms with Crippen molar-refractivity contribution in [1.82, 2.24) is 19.7 Å². The van der Waals surface area contributed by atoms with Gasteiger partial charge in [-0.2, -0.15) is 0 Å². The van der Waals surface area contributed by atoms with E-state index in [1.807, 2.05) is 0 Å². The number of nitrogens with one attached hydrogen (secondary N) is 1. The second-order valence-electron chi connectivity index (χ2n) is 6.71. The molecule has 3 heterocycles. The number of likely N-dealkylation sites (N-methyl/N-ethyl adjacent to an activating group) is 1. The Hall–Kier alpha value is -1.70. The number of rotatable bonds is 3. The summed E-state index contributed by atoms with van der Waals surface area (Å²) in [6, 6.07) is 4.55. The summed E-state index contributed by atoms with van der Waals surface area (Å²) in [5.41, 5.74) is -0.871. The van der Waals surface area contributed by atoms with Gasteiger partial charge in [0.15, 0.2) is 0 Å². The van der Waals surface area contributed by atoms with Gasteiger partial charge in [0.25, 0.3) is 5.91 Å². The Labute approximate surface area is 135 Å². The molecule has 2 aliphatic heterocycles. The Kier molecular flexibility index (Phi) is 4.52. The SMILES string of the molecule is CN1CCN(C[C@]2(O)CCN(C(=O)c3cccc(=O)[nH]3)C2)CC1. The van der Waals surface area contributed by atoms with E-state index in [9.17, 15) is 14.7 Å². The summed E-state index contributed by atoms with van der Waals surface area (Å²) in [5.74, 6) is -0.225. The molecule has 2 fully saturated rings. The zero-order chi connectivity index (χ0) is 16.4. The lowest BCUT2D eigenvalue weighted by Crippen LogP contribution is -2.52. The first-order valence-electron chi connectivity index (χ1n) is 8.07. The van der Waals surface area contributed by atoms with Crippen LogP contribution in [-0.4, -0.2) is 89.2 Å². The number of aliphatic hydroxyl groups is 1. The summed E-state index contributed by atoms with van der Waals surface area (Å²) in [7, 11) is 2.10. The fourth-order valence-electron chi connectivity index (χ4n) is 3.32. The topological polar surface area (TPSA) is 79.9 Å². The van der Waals surface area contributed by atoms with Crippen LogP contribution >= 0.6 is 0 Å². The van der Waals surface area contributed by atoms with E-state index in [1.54, 1.807) is 17.0 Å². The summed E-state index contributed by atoms with van der Waals surface area (Å²) >= 11 is 0. The van der Waals surface area contributed by atoms with Crippen LogP contribution in [0, 0.1) is 0 Å². The van der Waals surface area contributed by atoms with Gasteiger partial charge in [0.1, 0.15) is 5.69 Å². The van der Waals surface area contributed by atoms with Crippen molar-refractivity contribution >= 4 is 5.91 Å². The van der Waals surface area contributed by atoms with Gasteiger partial charge in [-0.3, -0.25) is 14.5 Å². The molecule has 0 aliphatic carbocycles. The number of piperazine rings is 1. The number of nitrogens with zero attached hydrogens (tertiary/aromatic N) is 3. The molecule has 0 spiro atoms. The average molecular weight is 320 g/mol. The number of carbonyl (C=O) groups is 1. The first kappa shape index (κ1) is 16.2. The maximum absolute atomic E-state index is 12.4. The van der Waals surface area contributed by atoms with Gasteiger partial charge in [0.2, 0.25) is 5.56 Å². The molecule has 7 nitrogen and oxygen atoms in total. The van der Waals surface area contributed by atoms with E-state index in [2.05, 4.69) is 21.8 Å². The fourth-order valence-corrected chi connectivity index (χ4v) is 3.32. The molecule has 23 heavy (non-hydrogen) atoms. The van der Waals surface area contributed by atoms with Crippen LogP contribution in [0.3, 0.4) is 0 Å². The molecule has 0 bridgehead atoms. The lowest BCUT2D eigenvalue weighted by Gasteiger charge is -2.36. The largest absolute Gasteiger partial charge is 0.387 e. The monoisotopic (exact) mass is 320 g/mol. The van der Waals surface area contributed by atoms with Crippen molar-refractivity contribution < 1.29 is 9.90 Å². The van der Waals surface area contributed by atoms with Crippen molar-refractivity contribution in [3.05, 3.63) is 34.2 Å². The third-order valence-electron chi connectivity index (χ3n) is 4.73. The van der Waals surface area contributed by atoms with E-state index >= 15 is 0 Å². The Balaban J connectivity index is 1.61. The Morgan fingerprint density at radius 3 is 2.70 bits per heavy atom. The van der Waals surface area contributed by atoms with Crippen molar-refractivity contribution in [2.24, 2.45) is 0 Å². The molecule has 2 saturated heterocycles. The molecular weight excluding hydrogens is 296 g/mol. The van der Waals surface area contributed by atoms with Gasteiger partial charge in [-0.05, 0) is 19.5 Å². The second kappa shape index (κ2) is 6.43. The van der Waals surface area contributed by atoms with Gasteiger partial charge >= 0.3 is 0 Å². The summed E-state index contributed by atoms with van der Waals surface area (Å²) < 4.78 is 0. The van der Waals surface area contributed by atoms with E-state index in [0.29, 0.717) is 26.1 Å². The van der Waals surface area contributed by atoms with E-state index in [-0.39, 0.29) is 17.2 Å². The van der Waals surface area contributed by atoms with Crippen LogP contribution in [0.4, 0.5) is 0 Å². The smallest absolute Gasteiger partial charge is 0.270 e. The number of amides is 1. The average Bonchev–Trinajstić information content (AvgIpc) is 2.91. The van der Waals surface area contributed by atoms with Crippen molar-refractivity contribution in [1.29, 1.82) is 0 Å². The standard InChI is InChI=1S/C16H24N4O3/c1-18-7-9-19(10-8-18)11-16(23)5-6-20(12-16)15(22)13-3-2-4-14(21)17-13/h2-4,23H,5-12H2,1H3,(H,17,21)/t16-/m1/s1. The molecule has 126 valence electrons. The van der Waals surface area contributed by atoms with Gasteiger partial charge in [0, 0.05) is 45.3 Å². The van der Waals surface area contributed by atoms with Crippen LogP contribution in [0.2, 0.25) is 0 Å². The minimum absolute atomic E-state index is 0.225. The molecule has 7 heteroatoms. The van der Waals surface area contributed by atoms with Gasteiger partial charge in [0.05, 0.1) is 12.1 Å². The number of hydrogen-bond donors (Lipinski definition) is 2.